The van der Waals surface area contributed by atoms with Gasteiger partial charge in [-0.1, -0.05) is 24.3 Å². The first-order valence-corrected chi connectivity index (χ1v) is 5.81. The zero-order chi connectivity index (χ0) is 13.2. The molecule has 94 valence electrons. The number of nitrogens with one attached hydrogen (secondary N) is 1. The lowest BCUT2D eigenvalue weighted by Crippen LogP contribution is -2.47. The number of hydrogen-bond donors (Lipinski definition) is 3. The predicted molar refractivity (Wildman–Crippen MR) is 72.8 cm³/mol. The first kappa shape index (κ1) is 12.5. The molecule has 1 aromatic carbocycles. The number of anilines is 1. The molecule has 4 heteroatoms. The van der Waals surface area contributed by atoms with Crippen molar-refractivity contribution < 1.29 is 4.79 Å². The van der Waals surface area contributed by atoms with Crippen LogP contribution in [-0.2, 0) is 4.79 Å². The molecule has 1 amide bonds. The molecule has 0 heterocycles. The Labute approximate surface area is 106 Å². The molecule has 1 aromatic rings. The molecule has 0 unspecified atom stereocenters. The summed E-state index contributed by atoms with van der Waals surface area (Å²) in [4.78, 5) is 12.0. The number of benzene rings is 1. The van der Waals surface area contributed by atoms with Crippen molar-refractivity contribution in [3.05, 3.63) is 53.6 Å². The van der Waals surface area contributed by atoms with Crippen LogP contribution in [0, 0.1) is 6.92 Å². The van der Waals surface area contributed by atoms with Gasteiger partial charge in [0.1, 0.15) is 0 Å². The number of rotatable bonds is 2. The van der Waals surface area contributed by atoms with E-state index >= 15 is 0 Å². The van der Waals surface area contributed by atoms with Gasteiger partial charge in [0.25, 0.3) is 5.91 Å². The summed E-state index contributed by atoms with van der Waals surface area (Å²) in [6, 6.07) is 7.66. The van der Waals surface area contributed by atoms with Crippen molar-refractivity contribution in [3.8, 4) is 0 Å². The molecule has 0 bridgehead atoms. The fraction of sp³-hybridized carbons (Fsp3) is 0.214. The van der Waals surface area contributed by atoms with Gasteiger partial charge >= 0.3 is 0 Å². The highest BCUT2D eigenvalue weighted by Crippen LogP contribution is 2.16. The second-order valence-electron chi connectivity index (χ2n) is 4.63. The molecular weight excluding hydrogens is 226 g/mol. The number of carbonyl (C=O) groups excluding carboxylic acids is 1. The van der Waals surface area contributed by atoms with Crippen LogP contribution in [0.2, 0.25) is 0 Å². The molecule has 0 aromatic heterocycles. The molecule has 2 rings (SSSR count). The van der Waals surface area contributed by atoms with Gasteiger partial charge in [0.2, 0.25) is 0 Å². The van der Waals surface area contributed by atoms with E-state index in [1.165, 1.54) is 0 Å². The van der Waals surface area contributed by atoms with Crippen molar-refractivity contribution in [3.63, 3.8) is 0 Å². The van der Waals surface area contributed by atoms with Crippen LogP contribution < -0.4 is 16.8 Å². The molecule has 0 fully saturated rings. The third-order valence-electron chi connectivity index (χ3n) is 2.79. The fourth-order valence-corrected chi connectivity index (χ4v) is 1.76. The predicted octanol–water partition coefficient (Wildman–Crippen LogP) is 1.43. The molecule has 1 aliphatic rings. The van der Waals surface area contributed by atoms with Gasteiger partial charge in [0, 0.05) is 17.7 Å². The van der Waals surface area contributed by atoms with Gasteiger partial charge in [-0.3, -0.25) is 4.79 Å². The zero-order valence-corrected chi connectivity index (χ0v) is 10.3. The van der Waals surface area contributed by atoms with E-state index in [2.05, 4.69) is 5.32 Å². The van der Waals surface area contributed by atoms with E-state index in [1.807, 2.05) is 31.2 Å². The van der Waals surface area contributed by atoms with Gasteiger partial charge in [-0.25, -0.2) is 0 Å². The van der Waals surface area contributed by atoms with E-state index in [-0.39, 0.29) is 5.91 Å². The second kappa shape index (κ2) is 4.76. The molecule has 5 N–H and O–H groups in total. The van der Waals surface area contributed by atoms with Crippen LogP contribution in [0.1, 0.15) is 12.0 Å². The first-order chi connectivity index (χ1) is 8.46. The molecule has 0 spiro atoms. The van der Waals surface area contributed by atoms with Crippen LogP contribution in [-0.4, -0.2) is 11.6 Å². The number of hydrogen-bond acceptors (Lipinski definition) is 3. The largest absolute Gasteiger partial charge is 0.322 e. The number of carbonyl (C=O) groups is 1. The third kappa shape index (κ3) is 3.06. The van der Waals surface area contributed by atoms with Crippen LogP contribution >= 0.6 is 0 Å². The smallest absolute Gasteiger partial charge is 0.255 e. The molecule has 0 aliphatic heterocycles. The molecule has 4 nitrogen and oxygen atoms in total. The maximum Gasteiger partial charge on any atom is 0.255 e. The summed E-state index contributed by atoms with van der Waals surface area (Å²) in [6.45, 7) is 1.98. The van der Waals surface area contributed by atoms with Gasteiger partial charge in [-0.05, 0) is 30.7 Å². The van der Waals surface area contributed by atoms with Gasteiger partial charge < -0.3 is 16.8 Å². The summed E-state index contributed by atoms with van der Waals surface area (Å²) in [6.07, 6.45) is 5.53. The number of aryl methyl sites for hydroxylation is 1. The van der Waals surface area contributed by atoms with Crippen molar-refractivity contribution >= 4 is 11.6 Å². The van der Waals surface area contributed by atoms with Crippen molar-refractivity contribution in [1.82, 2.24) is 0 Å². The summed E-state index contributed by atoms with van der Waals surface area (Å²) in [5, 5.41) is 2.84. The molecule has 1 aliphatic carbocycles. The van der Waals surface area contributed by atoms with Crippen molar-refractivity contribution in [2.24, 2.45) is 11.5 Å². The van der Waals surface area contributed by atoms with E-state index in [1.54, 1.807) is 18.2 Å². The second-order valence-corrected chi connectivity index (χ2v) is 4.63. The standard InChI is InChI=1S/C14H17N3O/c1-10-3-2-4-12(9-10)17-13(18)11-5-7-14(15,16)8-6-11/h2-7,9H,8,15-16H2,1H3,(H,17,18). The summed E-state index contributed by atoms with van der Waals surface area (Å²) >= 11 is 0. The lowest BCUT2D eigenvalue weighted by atomic mass is 9.98. The average molecular weight is 243 g/mol. The number of amides is 1. The molecule has 0 saturated heterocycles. The van der Waals surface area contributed by atoms with Gasteiger partial charge in [-0.2, -0.15) is 0 Å². The number of nitrogens with two attached hydrogens (primary N) is 2. The first-order valence-electron chi connectivity index (χ1n) is 5.81. The Morgan fingerprint density at radius 3 is 2.78 bits per heavy atom. The minimum Gasteiger partial charge on any atom is -0.322 e. The Bertz CT molecular complexity index is 530. The lowest BCUT2D eigenvalue weighted by Gasteiger charge is -2.22. The topological polar surface area (TPSA) is 81.1 Å². The van der Waals surface area contributed by atoms with Gasteiger partial charge in [-0.15, -0.1) is 0 Å². The summed E-state index contributed by atoms with van der Waals surface area (Å²) in [7, 11) is 0. The highest BCUT2D eigenvalue weighted by Gasteiger charge is 2.19. The van der Waals surface area contributed by atoms with E-state index in [0.717, 1.165) is 11.3 Å². The summed E-state index contributed by atoms with van der Waals surface area (Å²) in [5.41, 5.74) is 13.1. The Kier molecular flexibility index (Phi) is 3.32. The molecule has 0 saturated carbocycles. The maximum absolute atomic E-state index is 12.0. The highest BCUT2D eigenvalue weighted by molar-refractivity contribution is 6.05. The molecule has 0 radical (unpaired) electrons. The Morgan fingerprint density at radius 1 is 1.39 bits per heavy atom. The lowest BCUT2D eigenvalue weighted by molar-refractivity contribution is -0.112. The zero-order valence-electron chi connectivity index (χ0n) is 10.3. The monoisotopic (exact) mass is 243 g/mol. The quantitative estimate of drug-likeness (QED) is 0.687. The van der Waals surface area contributed by atoms with Crippen LogP contribution in [0.15, 0.2) is 48.1 Å². The van der Waals surface area contributed by atoms with Crippen molar-refractivity contribution in [2.45, 2.75) is 19.0 Å². The van der Waals surface area contributed by atoms with Gasteiger partial charge in [0.05, 0.1) is 5.66 Å². The van der Waals surface area contributed by atoms with E-state index in [0.29, 0.717) is 12.0 Å². The van der Waals surface area contributed by atoms with E-state index in [4.69, 9.17) is 11.5 Å². The van der Waals surface area contributed by atoms with Crippen molar-refractivity contribution in [2.75, 3.05) is 5.32 Å². The molecular formula is C14H17N3O. The van der Waals surface area contributed by atoms with Crippen LogP contribution in [0.5, 0.6) is 0 Å². The van der Waals surface area contributed by atoms with E-state index < -0.39 is 5.66 Å². The van der Waals surface area contributed by atoms with E-state index in [9.17, 15) is 4.79 Å². The minimum atomic E-state index is -0.840. The SMILES string of the molecule is Cc1cccc(NC(=O)C2=CCC(N)(N)C=C2)c1. The Morgan fingerprint density at radius 2 is 2.17 bits per heavy atom. The maximum atomic E-state index is 12.0. The summed E-state index contributed by atoms with van der Waals surface area (Å²) < 4.78 is 0. The van der Waals surface area contributed by atoms with Crippen LogP contribution in [0.4, 0.5) is 5.69 Å². The molecule has 18 heavy (non-hydrogen) atoms. The third-order valence-corrected chi connectivity index (χ3v) is 2.79. The fourth-order valence-electron chi connectivity index (χ4n) is 1.76. The minimum absolute atomic E-state index is 0.146. The Hall–Kier alpha value is -1.91. The van der Waals surface area contributed by atoms with Gasteiger partial charge in [0.15, 0.2) is 0 Å². The average Bonchev–Trinajstić information content (AvgIpc) is 2.28. The molecule has 0 atom stereocenters. The van der Waals surface area contributed by atoms with Crippen LogP contribution in [0.25, 0.3) is 0 Å². The normalized spacial score (nSPS) is 17.2. The Balaban J connectivity index is 2.06. The summed E-state index contributed by atoms with van der Waals surface area (Å²) in [5.74, 6) is -0.146. The van der Waals surface area contributed by atoms with Crippen LogP contribution in [0.3, 0.4) is 0 Å². The van der Waals surface area contributed by atoms with Crippen molar-refractivity contribution in [1.29, 1.82) is 0 Å². The highest BCUT2D eigenvalue weighted by atomic mass is 16.1.